The average Bonchev–Trinajstić information content (AvgIpc) is 2.45. The molecule has 0 aliphatic rings. The molecule has 2 rings (SSSR count). The number of rotatable bonds is 5. The number of aryl methyl sites for hydroxylation is 1. The Labute approximate surface area is 114 Å². The van der Waals surface area contributed by atoms with Crippen LogP contribution in [0.4, 0.5) is 4.39 Å². The first kappa shape index (κ1) is 13.8. The predicted octanol–water partition coefficient (Wildman–Crippen LogP) is 4.24. The summed E-state index contributed by atoms with van der Waals surface area (Å²) in [6, 6.07) is 15.3. The van der Waals surface area contributed by atoms with Gasteiger partial charge in [0.25, 0.3) is 0 Å². The Morgan fingerprint density at radius 1 is 1.05 bits per heavy atom. The van der Waals surface area contributed by atoms with E-state index in [0.29, 0.717) is 0 Å². The maximum Gasteiger partial charge on any atom is 0.123 e. The van der Waals surface area contributed by atoms with Crippen molar-refractivity contribution >= 4 is 0 Å². The van der Waals surface area contributed by atoms with E-state index in [-0.39, 0.29) is 11.9 Å². The Bertz CT molecular complexity index is 536. The minimum Gasteiger partial charge on any atom is -0.306 e. The first-order valence-corrected chi connectivity index (χ1v) is 6.76. The van der Waals surface area contributed by atoms with Crippen molar-refractivity contribution < 1.29 is 4.39 Å². The summed E-state index contributed by atoms with van der Waals surface area (Å²) in [4.78, 5) is 0. The van der Waals surface area contributed by atoms with Gasteiger partial charge in [-0.15, -0.1) is 0 Å². The van der Waals surface area contributed by atoms with Crippen molar-refractivity contribution in [3.8, 4) is 0 Å². The smallest absolute Gasteiger partial charge is 0.123 e. The van der Waals surface area contributed by atoms with Crippen LogP contribution >= 0.6 is 0 Å². The highest BCUT2D eigenvalue weighted by molar-refractivity contribution is 5.27. The summed E-state index contributed by atoms with van der Waals surface area (Å²) in [6.45, 7) is 5.03. The Hall–Kier alpha value is -1.67. The topological polar surface area (TPSA) is 12.0 Å². The number of benzene rings is 2. The lowest BCUT2D eigenvalue weighted by molar-refractivity contribution is 0.563. The molecule has 19 heavy (non-hydrogen) atoms. The van der Waals surface area contributed by atoms with Crippen LogP contribution in [-0.2, 0) is 13.0 Å². The molecule has 0 bridgehead atoms. The molecule has 2 heteroatoms. The van der Waals surface area contributed by atoms with E-state index in [9.17, 15) is 4.39 Å². The SMILES string of the molecule is CCc1ccccc1CNC(C)c1cccc(F)c1. The predicted molar refractivity (Wildman–Crippen MR) is 77.5 cm³/mol. The molecule has 2 aromatic rings. The van der Waals surface area contributed by atoms with Crippen molar-refractivity contribution in [1.82, 2.24) is 5.32 Å². The fourth-order valence-electron chi connectivity index (χ4n) is 2.23. The van der Waals surface area contributed by atoms with Crippen LogP contribution in [0.1, 0.15) is 36.6 Å². The highest BCUT2D eigenvalue weighted by Gasteiger charge is 2.07. The molecule has 0 fully saturated rings. The van der Waals surface area contributed by atoms with Gasteiger partial charge in [-0.2, -0.15) is 0 Å². The van der Waals surface area contributed by atoms with E-state index >= 15 is 0 Å². The molecule has 2 aromatic carbocycles. The van der Waals surface area contributed by atoms with Crippen LogP contribution in [0.25, 0.3) is 0 Å². The Kier molecular flexibility index (Phi) is 4.69. The summed E-state index contributed by atoms with van der Waals surface area (Å²) in [5.41, 5.74) is 3.66. The quantitative estimate of drug-likeness (QED) is 0.844. The molecule has 0 saturated heterocycles. The van der Waals surface area contributed by atoms with Gasteiger partial charge in [-0.05, 0) is 42.2 Å². The zero-order chi connectivity index (χ0) is 13.7. The fraction of sp³-hybridized carbons (Fsp3) is 0.294. The summed E-state index contributed by atoms with van der Waals surface area (Å²) in [5, 5.41) is 3.45. The van der Waals surface area contributed by atoms with E-state index < -0.39 is 0 Å². The molecule has 0 amide bonds. The molecular formula is C17H20FN. The monoisotopic (exact) mass is 257 g/mol. The molecule has 1 N–H and O–H groups in total. The molecule has 1 unspecified atom stereocenters. The van der Waals surface area contributed by atoms with Gasteiger partial charge in [0.15, 0.2) is 0 Å². The molecule has 0 radical (unpaired) electrons. The number of halogens is 1. The Morgan fingerprint density at radius 2 is 1.79 bits per heavy atom. The van der Waals surface area contributed by atoms with Gasteiger partial charge in [-0.25, -0.2) is 4.39 Å². The van der Waals surface area contributed by atoms with Crippen LogP contribution in [0.2, 0.25) is 0 Å². The lowest BCUT2D eigenvalue weighted by atomic mass is 10.0. The molecule has 100 valence electrons. The van der Waals surface area contributed by atoms with Gasteiger partial charge in [0.05, 0.1) is 0 Å². The average molecular weight is 257 g/mol. The number of hydrogen-bond acceptors (Lipinski definition) is 1. The first-order chi connectivity index (χ1) is 9.20. The zero-order valence-corrected chi connectivity index (χ0v) is 11.5. The van der Waals surface area contributed by atoms with E-state index in [0.717, 1.165) is 18.5 Å². The summed E-state index contributed by atoms with van der Waals surface area (Å²) in [5.74, 6) is -0.180. The largest absolute Gasteiger partial charge is 0.306 e. The van der Waals surface area contributed by atoms with Crippen molar-refractivity contribution in [1.29, 1.82) is 0 Å². The summed E-state index contributed by atoms with van der Waals surface area (Å²) in [7, 11) is 0. The summed E-state index contributed by atoms with van der Waals surface area (Å²) >= 11 is 0. The molecule has 0 aromatic heterocycles. The molecule has 0 heterocycles. The van der Waals surface area contributed by atoms with E-state index in [1.165, 1.54) is 17.2 Å². The van der Waals surface area contributed by atoms with E-state index in [4.69, 9.17) is 0 Å². The van der Waals surface area contributed by atoms with Gasteiger partial charge in [0.1, 0.15) is 5.82 Å². The van der Waals surface area contributed by atoms with Gasteiger partial charge in [0, 0.05) is 12.6 Å². The maximum absolute atomic E-state index is 13.2. The Morgan fingerprint density at radius 3 is 2.47 bits per heavy atom. The van der Waals surface area contributed by atoms with Crippen LogP contribution in [0.5, 0.6) is 0 Å². The third-order valence-corrected chi connectivity index (χ3v) is 3.45. The summed E-state index contributed by atoms with van der Waals surface area (Å²) < 4.78 is 13.2. The van der Waals surface area contributed by atoms with Gasteiger partial charge in [-0.1, -0.05) is 43.3 Å². The van der Waals surface area contributed by atoms with Crippen molar-refractivity contribution in [2.45, 2.75) is 32.9 Å². The fourth-order valence-corrected chi connectivity index (χ4v) is 2.23. The van der Waals surface area contributed by atoms with Crippen molar-refractivity contribution in [2.75, 3.05) is 0 Å². The van der Waals surface area contributed by atoms with Crippen LogP contribution in [-0.4, -0.2) is 0 Å². The second-order valence-corrected chi connectivity index (χ2v) is 4.78. The van der Waals surface area contributed by atoms with Crippen LogP contribution in [0.15, 0.2) is 48.5 Å². The molecule has 0 saturated carbocycles. The highest BCUT2D eigenvalue weighted by atomic mass is 19.1. The molecule has 1 atom stereocenters. The minimum atomic E-state index is -0.180. The Balaban J connectivity index is 2.02. The van der Waals surface area contributed by atoms with Gasteiger partial charge in [0.2, 0.25) is 0 Å². The van der Waals surface area contributed by atoms with Crippen LogP contribution in [0.3, 0.4) is 0 Å². The second-order valence-electron chi connectivity index (χ2n) is 4.78. The zero-order valence-electron chi connectivity index (χ0n) is 11.5. The molecule has 0 aliphatic carbocycles. The summed E-state index contributed by atoms with van der Waals surface area (Å²) in [6.07, 6.45) is 1.03. The standard InChI is InChI=1S/C17H20FN/c1-3-14-7-4-5-8-16(14)12-19-13(2)15-9-6-10-17(18)11-15/h4-11,13,19H,3,12H2,1-2H3. The molecule has 0 spiro atoms. The van der Waals surface area contributed by atoms with Gasteiger partial charge < -0.3 is 5.32 Å². The van der Waals surface area contributed by atoms with Crippen molar-refractivity contribution in [3.05, 3.63) is 71.0 Å². The number of hydrogen-bond donors (Lipinski definition) is 1. The lowest BCUT2D eigenvalue weighted by Crippen LogP contribution is -2.19. The second kappa shape index (κ2) is 6.48. The van der Waals surface area contributed by atoms with Crippen molar-refractivity contribution in [3.63, 3.8) is 0 Å². The van der Waals surface area contributed by atoms with Crippen LogP contribution < -0.4 is 5.32 Å². The van der Waals surface area contributed by atoms with E-state index in [2.05, 4.69) is 43.4 Å². The van der Waals surface area contributed by atoms with Crippen LogP contribution in [0, 0.1) is 5.82 Å². The minimum absolute atomic E-state index is 0.139. The molecule has 0 aliphatic heterocycles. The maximum atomic E-state index is 13.2. The van der Waals surface area contributed by atoms with E-state index in [1.54, 1.807) is 12.1 Å². The van der Waals surface area contributed by atoms with Crippen molar-refractivity contribution in [2.24, 2.45) is 0 Å². The normalized spacial score (nSPS) is 12.4. The third-order valence-electron chi connectivity index (χ3n) is 3.45. The third kappa shape index (κ3) is 3.65. The van der Waals surface area contributed by atoms with Gasteiger partial charge in [-0.3, -0.25) is 0 Å². The van der Waals surface area contributed by atoms with E-state index in [1.807, 2.05) is 6.07 Å². The first-order valence-electron chi connectivity index (χ1n) is 6.76. The van der Waals surface area contributed by atoms with Gasteiger partial charge >= 0.3 is 0 Å². The number of nitrogens with one attached hydrogen (secondary N) is 1. The lowest BCUT2D eigenvalue weighted by Gasteiger charge is -2.16. The molecule has 1 nitrogen and oxygen atoms in total. The highest BCUT2D eigenvalue weighted by Crippen LogP contribution is 2.15. The molecular weight excluding hydrogens is 237 g/mol.